The summed E-state index contributed by atoms with van der Waals surface area (Å²) in [7, 11) is 3.66. The Balaban J connectivity index is 2.29. The number of methoxy groups -OCH3 is 1. The minimum Gasteiger partial charge on any atom is -0.381 e. The first-order chi connectivity index (χ1) is 8.24. The number of hydrogen-bond acceptors (Lipinski definition) is 4. The van der Waals surface area contributed by atoms with Crippen molar-refractivity contribution >= 4 is 5.82 Å². The highest BCUT2D eigenvalue weighted by molar-refractivity contribution is 5.47. The van der Waals surface area contributed by atoms with Crippen LogP contribution in [0.15, 0.2) is 0 Å². The first-order valence-electron chi connectivity index (χ1n) is 6.33. The molecular weight excluding hydrogens is 214 g/mol. The number of rotatable bonds is 4. The third kappa shape index (κ3) is 2.75. The van der Waals surface area contributed by atoms with Crippen molar-refractivity contribution in [2.45, 2.75) is 45.1 Å². The van der Waals surface area contributed by atoms with E-state index in [2.05, 4.69) is 15.3 Å². The molecule has 1 N–H and O–H groups in total. The summed E-state index contributed by atoms with van der Waals surface area (Å²) < 4.78 is 5.27. The number of fused-ring (bicyclic) bond motifs is 1. The topological polar surface area (TPSA) is 47.0 Å². The Morgan fingerprint density at radius 2 is 2.06 bits per heavy atom. The highest BCUT2D eigenvalue weighted by Gasteiger charge is 2.17. The van der Waals surface area contributed by atoms with E-state index < -0.39 is 0 Å². The van der Waals surface area contributed by atoms with Crippen molar-refractivity contribution in [2.24, 2.45) is 0 Å². The average molecular weight is 235 g/mol. The molecule has 4 heteroatoms. The Morgan fingerprint density at radius 3 is 2.76 bits per heavy atom. The van der Waals surface area contributed by atoms with Gasteiger partial charge in [0.05, 0.1) is 6.10 Å². The van der Waals surface area contributed by atoms with Crippen LogP contribution in [0.4, 0.5) is 5.82 Å². The largest absolute Gasteiger partial charge is 0.381 e. The molecule has 1 aromatic rings. The first-order valence-corrected chi connectivity index (χ1v) is 6.33. The van der Waals surface area contributed by atoms with Gasteiger partial charge in [0, 0.05) is 31.8 Å². The smallest absolute Gasteiger partial charge is 0.133 e. The van der Waals surface area contributed by atoms with Crippen LogP contribution in [-0.4, -0.2) is 30.2 Å². The quantitative estimate of drug-likeness (QED) is 0.866. The average Bonchev–Trinajstić information content (AvgIpc) is 2.37. The number of ether oxygens (including phenoxy) is 1. The van der Waals surface area contributed by atoms with Crippen molar-refractivity contribution in [2.75, 3.05) is 19.5 Å². The van der Waals surface area contributed by atoms with Crippen molar-refractivity contribution < 1.29 is 4.74 Å². The van der Waals surface area contributed by atoms with Crippen LogP contribution in [0.3, 0.4) is 0 Å². The maximum atomic E-state index is 5.27. The number of nitrogens with zero attached hydrogens (tertiary/aromatic N) is 2. The summed E-state index contributed by atoms with van der Waals surface area (Å²) in [4.78, 5) is 9.27. The summed E-state index contributed by atoms with van der Waals surface area (Å²) >= 11 is 0. The number of hydrogen-bond donors (Lipinski definition) is 1. The fourth-order valence-corrected chi connectivity index (χ4v) is 2.28. The normalized spacial score (nSPS) is 16.4. The Bertz CT molecular complexity index is 375. The minimum atomic E-state index is 0.168. The maximum Gasteiger partial charge on any atom is 0.133 e. The van der Waals surface area contributed by atoms with Gasteiger partial charge in [-0.15, -0.1) is 0 Å². The number of nitrogens with one attached hydrogen (secondary N) is 1. The Labute approximate surface area is 103 Å². The first kappa shape index (κ1) is 12.3. The van der Waals surface area contributed by atoms with Crippen molar-refractivity contribution in [1.82, 2.24) is 9.97 Å². The van der Waals surface area contributed by atoms with Crippen LogP contribution in [0.1, 0.15) is 36.8 Å². The van der Waals surface area contributed by atoms with Crippen molar-refractivity contribution in [3.05, 3.63) is 17.1 Å². The fourth-order valence-electron chi connectivity index (χ4n) is 2.28. The molecule has 0 saturated carbocycles. The van der Waals surface area contributed by atoms with Crippen molar-refractivity contribution in [1.29, 1.82) is 0 Å². The van der Waals surface area contributed by atoms with Crippen molar-refractivity contribution in [3.8, 4) is 0 Å². The monoisotopic (exact) mass is 235 g/mol. The third-order valence-electron chi connectivity index (χ3n) is 3.34. The predicted molar refractivity (Wildman–Crippen MR) is 68.4 cm³/mol. The second-order valence-corrected chi connectivity index (χ2v) is 4.62. The third-order valence-corrected chi connectivity index (χ3v) is 3.34. The van der Waals surface area contributed by atoms with E-state index >= 15 is 0 Å². The second-order valence-electron chi connectivity index (χ2n) is 4.62. The van der Waals surface area contributed by atoms with Gasteiger partial charge in [-0.3, -0.25) is 0 Å². The van der Waals surface area contributed by atoms with Gasteiger partial charge in [-0.1, -0.05) is 0 Å². The van der Waals surface area contributed by atoms with E-state index in [1.807, 2.05) is 14.0 Å². The summed E-state index contributed by atoms with van der Waals surface area (Å²) in [5, 5.41) is 3.19. The number of anilines is 1. The lowest BCUT2D eigenvalue weighted by molar-refractivity contribution is 0.117. The Kier molecular flexibility index (Phi) is 3.94. The van der Waals surface area contributed by atoms with Crippen LogP contribution in [0.25, 0.3) is 0 Å². The summed E-state index contributed by atoms with van der Waals surface area (Å²) in [5.74, 6) is 1.90. The SMILES string of the molecule is CNc1nc(CC(C)OC)nc2c1CCCC2. The highest BCUT2D eigenvalue weighted by Crippen LogP contribution is 2.25. The van der Waals surface area contributed by atoms with Crippen LogP contribution in [-0.2, 0) is 24.0 Å². The molecule has 0 aromatic carbocycles. The van der Waals surface area contributed by atoms with Gasteiger partial charge in [0.1, 0.15) is 11.6 Å². The zero-order valence-electron chi connectivity index (χ0n) is 10.9. The summed E-state index contributed by atoms with van der Waals surface area (Å²) in [5.41, 5.74) is 2.54. The molecular formula is C13H21N3O. The van der Waals surface area contributed by atoms with E-state index in [4.69, 9.17) is 4.74 Å². The molecule has 1 aliphatic rings. The zero-order valence-corrected chi connectivity index (χ0v) is 10.9. The van der Waals surface area contributed by atoms with E-state index in [9.17, 15) is 0 Å². The molecule has 0 aliphatic heterocycles. The van der Waals surface area contributed by atoms with E-state index in [-0.39, 0.29) is 6.10 Å². The molecule has 1 atom stereocenters. The molecule has 17 heavy (non-hydrogen) atoms. The summed E-state index contributed by atoms with van der Waals surface area (Å²) in [6, 6.07) is 0. The van der Waals surface area contributed by atoms with Crippen molar-refractivity contribution in [3.63, 3.8) is 0 Å². The van der Waals surface area contributed by atoms with Gasteiger partial charge < -0.3 is 10.1 Å². The molecule has 1 aromatic heterocycles. The van der Waals surface area contributed by atoms with E-state index in [1.54, 1.807) is 7.11 Å². The van der Waals surface area contributed by atoms with Gasteiger partial charge in [0.15, 0.2) is 0 Å². The molecule has 0 fully saturated rings. The van der Waals surface area contributed by atoms with Crippen LogP contribution in [0, 0.1) is 0 Å². The van der Waals surface area contributed by atoms with E-state index in [0.29, 0.717) is 0 Å². The lowest BCUT2D eigenvalue weighted by Gasteiger charge is -2.19. The standard InChI is InChI=1S/C13H21N3O/c1-9(17-3)8-12-15-11-7-5-4-6-10(11)13(14-2)16-12/h9H,4-8H2,1-3H3,(H,14,15,16). The Hall–Kier alpha value is -1.16. The molecule has 0 spiro atoms. The summed E-state index contributed by atoms with van der Waals surface area (Å²) in [6.45, 7) is 2.04. The Morgan fingerprint density at radius 1 is 1.29 bits per heavy atom. The van der Waals surface area contributed by atoms with Gasteiger partial charge in [-0.05, 0) is 32.6 Å². The fraction of sp³-hybridized carbons (Fsp3) is 0.692. The van der Waals surface area contributed by atoms with Gasteiger partial charge in [0.25, 0.3) is 0 Å². The lowest BCUT2D eigenvalue weighted by Crippen LogP contribution is -2.17. The molecule has 4 nitrogen and oxygen atoms in total. The molecule has 1 heterocycles. The van der Waals surface area contributed by atoms with Gasteiger partial charge in [0.2, 0.25) is 0 Å². The minimum absolute atomic E-state index is 0.168. The second kappa shape index (κ2) is 5.45. The maximum absolute atomic E-state index is 5.27. The van der Waals surface area contributed by atoms with Crippen LogP contribution in [0.5, 0.6) is 0 Å². The van der Waals surface area contributed by atoms with Crippen LogP contribution < -0.4 is 5.32 Å². The van der Waals surface area contributed by atoms with Crippen LogP contribution in [0.2, 0.25) is 0 Å². The van der Waals surface area contributed by atoms with Gasteiger partial charge in [-0.2, -0.15) is 0 Å². The number of aromatic nitrogens is 2. The summed E-state index contributed by atoms with van der Waals surface area (Å²) in [6.07, 6.45) is 5.62. The molecule has 1 unspecified atom stereocenters. The van der Waals surface area contributed by atoms with E-state index in [0.717, 1.165) is 30.9 Å². The zero-order chi connectivity index (χ0) is 12.3. The number of aryl methyl sites for hydroxylation is 1. The molecule has 1 aliphatic carbocycles. The predicted octanol–water partition coefficient (Wildman–Crippen LogP) is 1.97. The molecule has 0 bridgehead atoms. The molecule has 0 amide bonds. The van der Waals surface area contributed by atoms with Gasteiger partial charge >= 0.3 is 0 Å². The van der Waals surface area contributed by atoms with Crippen LogP contribution >= 0.6 is 0 Å². The highest BCUT2D eigenvalue weighted by atomic mass is 16.5. The lowest BCUT2D eigenvalue weighted by atomic mass is 9.96. The molecule has 94 valence electrons. The molecule has 0 saturated heterocycles. The molecule has 2 rings (SSSR count). The van der Waals surface area contributed by atoms with Gasteiger partial charge in [-0.25, -0.2) is 9.97 Å². The van der Waals surface area contributed by atoms with E-state index in [1.165, 1.54) is 24.1 Å². The molecule has 0 radical (unpaired) electrons.